The first-order chi connectivity index (χ1) is 12.2. The third-order valence-corrected chi connectivity index (χ3v) is 5.31. The number of rotatable bonds is 6. The molecule has 2 aromatic carbocycles. The van der Waals surface area contributed by atoms with E-state index in [1.165, 1.54) is 47.9 Å². The molecule has 0 spiro atoms. The van der Waals surface area contributed by atoms with Gasteiger partial charge in [0.1, 0.15) is 0 Å². The molecule has 0 heterocycles. The molecule has 0 saturated heterocycles. The van der Waals surface area contributed by atoms with Crippen molar-refractivity contribution in [3.8, 4) is 0 Å². The predicted molar refractivity (Wildman–Crippen MR) is 104 cm³/mol. The third-order valence-electron chi connectivity index (χ3n) is 5.31. The van der Waals surface area contributed by atoms with E-state index in [0.29, 0.717) is 6.42 Å². The highest BCUT2D eigenvalue weighted by Gasteiger charge is 2.16. The quantitative estimate of drug-likeness (QED) is 0.796. The number of aryl methyl sites for hydroxylation is 3. The monoisotopic (exact) mass is 335 g/mol. The number of carbonyl (C=O) groups excluding carboxylic acids is 1. The maximum atomic E-state index is 12.5. The Labute approximate surface area is 151 Å². The van der Waals surface area contributed by atoms with Gasteiger partial charge in [-0.2, -0.15) is 0 Å². The largest absolute Gasteiger partial charge is 0.349 e. The lowest BCUT2D eigenvalue weighted by molar-refractivity contribution is -0.121. The van der Waals surface area contributed by atoms with Crippen molar-refractivity contribution in [3.05, 3.63) is 70.3 Å². The lowest BCUT2D eigenvalue weighted by Crippen LogP contribution is -2.29. The zero-order chi connectivity index (χ0) is 17.6. The van der Waals surface area contributed by atoms with Crippen molar-refractivity contribution in [2.45, 2.75) is 64.8 Å². The van der Waals surface area contributed by atoms with Gasteiger partial charge >= 0.3 is 0 Å². The highest BCUT2D eigenvalue weighted by molar-refractivity contribution is 5.79. The molecule has 132 valence electrons. The van der Waals surface area contributed by atoms with Gasteiger partial charge in [-0.3, -0.25) is 4.79 Å². The maximum absolute atomic E-state index is 12.5. The SMILES string of the molecule is CCc1ccc(CC(=O)NC(CC)c2ccc3c(c2)CCCC3)cc1. The summed E-state index contributed by atoms with van der Waals surface area (Å²) in [4.78, 5) is 12.5. The van der Waals surface area contributed by atoms with Crippen molar-refractivity contribution in [2.24, 2.45) is 0 Å². The molecular weight excluding hydrogens is 306 g/mol. The lowest BCUT2D eigenvalue weighted by Gasteiger charge is -2.22. The molecule has 1 amide bonds. The Hall–Kier alpha value is -2.09. The van der Waals surface area contributed by atoms with Crippen LogP contribution in [0.15, 0.2) is 42.5 Å². The van der Waals surface area contributed by atoms with Gasteiger partial charge in [-0.1, -0.05) is 56.3 Å². The average Bonchev–Trinajstić information content (AvgIpc) is 2.66. The molecule has 1 aliphatic rings. The molecule has 0 aromatic heterocycles. The van der Waals surface area contributed by atoms with Crippen LogP contribution in [0.25, 0.3) is 0 Å². The Bertz CT molecular complexity index is 717. The van der Waals surface area contributed by atoms with Crippen LogP contribution in [0.5, 0.6) is 0 Å². The van der Waals surface area contributed by atoms with Gasteiger partial charge in [-0.25, -0.2) is 0 Å². The third kappa shape index (κ3) is 4.50. The fourth-order valence-corrected chi connectivity index (χ4v) is 3.71. The minimum Gasteiger partial charge on any atom is -0.349 e. The van der Waals surface area contributed by atoms with E-state index >= 15 is 0 Å². The van der Waals surface area contributed by atoms with Crippen molar-refractivity contribution >= 4 is 5.91 Å². The first-order valence-electron chi connectivity index (χ1n) is 9.68. The molecule has 1 N–H and O–H groups in total. The van der Waals surface area contributed by atoms with Crippen LogP contribution in [0.2, 0.25) is 0 Å². The summed E-state index contributed by atoms with van der Waals surface area (Å²) in [5.74, 6) is 0.105. The normalized spacial score (nSPS) is 14.6. The molecule has 0 aliphatic heterocycles. The summed E-state index contributed by atoms with van der Waals surface area (Å²) in [5.41, 5.74) is 6.61. The van der Waals surface area contributed by atoms with Crippen molar-refractivity contribution in [2.75, 3.05) is 0 Å². The molecule has 0 saturated carbocycles. The van der Waals surface area contributed by atoms with Crippen molar-refractivity contribution in [1.82, 2.24) is 5.32 Å². The average molecular weight is 335 g/mol. The standard InChI is InChI=1S/C23H29NO/c1-3-17-9-11-18(12-10-17)15-23(25)24-22(4-2)21-14-13-19-7-5-6-8-20(19)16-21/h9-14,16,22H,3-8,15H2,1-2H3,(H,24,25). The summed E-state index contributed by atoms with van der Waals surface area (Å²) < 4.78 is 0. The Balaban J connectivity index is 1.65. The molecule has 2 nitrogen and oxygen atoms in total. The van der Waals surface area contributed by atoms with Gasteiger partial charge in [-0.15, -0.1) is 0 Å². The zero-order valence-corrected chi connectivity index (χ0v) is 15.5. The first kappa shape index (κ1) is 17.7. The molecule has 2 heteroatoms. The minimum atomic E-state index is 0.105. The Morgan fingerprint density at radius 1 is 0.960 bits per heavy atom. The van der Waals surface area contributed by atoms with E-state index in [1.54, 1.807) is 0 Å². The van der Waals surface area contributed by atoms with Gasteiger partial charge in [0.2, 0.25) is 5.91 Å². The Kier molecular flexibility index (Phi) is 5.91. The summed E-state index contributed by atoms with van der Waals surface area (Å²) in [6.45, 7) is 4.28. The fraction of sp³-hybridized carbons (Fsp3) is 0.435. The summed E-state index contributed by atoms with van der Waals surface area (Å²) in [5, 5.41) is 3.23. The lowest BCUT2D eigenvalue weighted by atomic mass is 9.88. The molecule has 25 heavy (non-hydrogen) atoms. The number of benzene rings is 2. The molecule has 0 fully saturated rings. The molecule has 1 atom stereocenters. The molecule has 2 aromatic rings. The summed E-state index contributed by atoms with van der Waals surface area (Å²) in [6, 6.07) is 15.3. The molecular formula is C23H29NO. The second-order valence-corrected chi connectivity index (χ2v) is 7.11. The van der Waals surface area contributed by atoms with Crippen LogP contribution in [0, 0.1) is 0 Å². The molecule has 1 unspecified atom stereocenters. The van der Waals surface area contributed by atoms with Gasteiger partial charge < -0.3 is 5.32 Å². The van der Waals surface area contributed by atoms with Crippen LogP contribution in [-0.2, 0) is 30.5 Å². The second kappa shape index (κ2) is 8.33. The van der Waals surface area contributed by atoms with E-state index < -0.39 is 0 Å². The number of carbonyl (C=O) groups is 1. The van der Waals surface area contributed by atoms with Crippen LogP contribution in [0.4, 0.5) is 0 Å². The van der Waals surface area contributed by atoms with Crippen molar-refractivity contribution < 1.29 is 4.79 Å². The van der Waals surface area contributed by atoms with Crippen molar-refractivity contribution in [3.63, 3.8) is 0 Å². The van der Waals surface area contributed by atoms with Gasteiger partial charge in [0, 0.05) is 0 Å². The van der Waals surface area contributed by atoms with Crippen LogP contribution >= 0.6 is 0 Å². The molecule has 0 bridgehead atoms. The van der Waals surface area contributed by atoms with E-state index in [4.69, 9.17) is 0 Å². The number of amides is 1. The van der Waals surface area contributed by atoms with E-state index in [0.717, 1.165) is 18.4 Å². The number of fused-ring (bicyclic) bond motifs is 1. The molecule has 1 aliphatic carbocycles. The maximum Gasteiger partial charge on any atom is 0.224 e. The summed E-state index contributed by atoms with van der Waals surface area (Å²) >= 11 is 0. The van der Waals surface area contributed by atoms with Crippen LogP contribution in [-0.4, -0.2) is 5.91 Å². The van der Waals surface area contributed by atoms with Crippen LogP contribution in [0.1, 0.15) is 67.0 Å². The van der Waals surface area contributed by atoms with Crippen LogP contribution < -0.4 is 5.32 Å². The zero-order valence-electron chi connectivity index (χ0n) is 15.5. The molecule has 0 radical (unpaired) electrons. The van der Waals surface area contributed by atoms with Gasteiger partial charge in [0.15, 0.2) is 0 Å². The Morgan fingerprint density at radius 2 is 1.64 bits per heavy atom. The number of hydrogen-bond acceptors (Lipinski definition) is 1. The Morgan fingerprint density at radius 3 is 2.32 bits per heavy atom. The van der Waals surface area contributed by atoms with Gasteiger partial charge in [0.05, 0.1) is 12.5 Å². The van der Waals surface area contributed by atoms with Gasteiger partial charge in [0.25, 0.3) is 0 Å². The smallest absolute Gasteiger partial charge is 0.224 e. The predicted octanol–water partition coefficient (Wildman–Crippen LogP) is 4.94. The van der Waals surface area contributed by atoms with E-state index in [2.05, 4.69) is 61.6 Å². The fourth-order valence-electron chi connectivity index (χ4n) is 3.71. The molecule has 3 rings (SSSR count). The second-order valence-electron chi connectivity index (χ2n) is 7.11. The van der Waals surface area contributed by atoms with E-state index in [-0.39, 0.29) is 11.9 Å². The number of hydrogen-bond donors (Lipinski definition) is 1. The first-order valence-corrected chi connectivity index (χ1v) is 9.68. The minimum absolute atomic E-state index is 0.105. The van der Waals surface area contributed by atoms with Crippen molar-refractivity contribution in [1.29, 1.82) is 0 Å². The highest BCUT2D eigenvalue weighted by atomic mass is 16.1. The highest BCUT2D eigenvalue weighted by Crippen LogP contribution is 2.26. The van der Waals surface area contributed by atoms with E-state index in [9.17, 15) is 4.79 Å². The van der Waals surface area contributed by atoms with Gasteiger partial charge in [-0.05, 0) is 66.3 Å². The van der Waals surface area contributed by atoms with E-state index in [1.807, 2.05) is 0 Å². The number of nitrogens with one attached hydrogen (secondary N) is 1. The van der Waals surface area contributed by atoms with Crippen LogP contribution in [0.3, 0.4) is 0 Å². The summed E-state index contributed by atoms with van der Waals surface area (Å²) in [7, 11) is 0. The summed E-state index contributed by atoms with van der Waals surface area (Å²) in [6.07, 6.45) is 7.36. The topological polar surface area (TPSA) is 29.1 Å².